The maximum Gasteiger partial charge on any atom is 0.272 e. The lowest BCUT2D eigenvalue weighted by atomic mass is 10.1. The SMILES string of the molecule is COc1cccc2c1cc(C(=O)Nc1ccc(C)c(C)c1)n2C. The third kappa shape index (κ3) is 2.68. The maximum absolute atomic E-state index is 12.6. The zero-order valence-corrected chi connectivity index (χ0v) is 13.8. The van der Waals surface area contributed by atoms with Gasteiger partial charge in [0.1, 0.15) is 11.4 Å². The van der Waals surface area contributed by atoms with Crippen LogP contribution in [0.15, 0.2) is 42.5 Å². The van der Waals surface area contributed by atoms with E-state index in [0.29, 0.717) is 5.69 Å². The highest BCUT2D eigenvalue weighted by Crippen LogP contribution is 2.28. The fourth-order valence-electron chi connectivity index (χ4n) is 2.74. The molecule has 1 aromatic heterocycles. The van der Waals surface area contributed by atoms with Crippen LogP contribution in [-0.4, -0.2) is 17.6 Å². The predicted octanol–water partition coefficient (Wildman–Crippen LogP) is 4.06. The fraction of sp³-hybridized carbons (Fsp3) is 0.211. The van der Waals surface area contributed by atoms with Gasteiger partial charge in [0.15, 0.2) is 0 Å². The molecule has 0 aliphatic heterocycles. The third-order valence-electron chi connectivity index (χ3n) is 4.26. The molecule has 0 unspecified atom stereocenters. The molecule has 4 heteroatoms. The highest BCUT2D eigenvalue weighted by molar-refractivity contribution is 6.07. The van der Waals surface area contributed by atoms with Crippen LogP contribution >= 0.6 is 0 Å². The molecule has 0 radical (unpaired) electrons. The Labute approximate surface area is 135 Å². The van der Waals surface area contributed by atoms with Gasteiger partial charge >= 0.3 is 0 Å². The van der Waals surface area contributed by atoms with E-state index in [0.717, 1.165) is 27.9 Å². The molecule has 0 saturated heterocycles. The van der Waals surface area contributed by atoms with Crippen LogP contribution in [0, 0.1) is 13.8 Å². The number of amides is 1. The van der Waals surface area contributed by atoms with E-state index in [1.165, 1.54) is 5.56 Å². The number of aromatic nitrogens is 1. The Morgan fingerprint density at radius 3 is 2.57 bits per heavy atom. The molecule has 23 heavy (non-hydrogen) atoms. The van der Waals surface area contributed by atoms with E-state index in [1.54, 1.807) is 7.11 Å². The number of rotatable bonds is 3. The summed E-state index contributed by atoms with van der Waals surface area (Å²) in [5, 5.41) is 3.90. The van der Waals surface area contributed by atoms with Crippen LogP contribution in [0.25, 0.3) is 10.9 Å². The number of nitrogens with one attached hydrogen (secondary N) is 1. The first kappa shape index (κ1) is 15.2. The quantitative estimate of drug-likeness (QED) is 0.793. The zero-order chi connectivity index (χ0) is 16.6. The molecule has 0 aliphatic rings. The van der Waals surface area contributed by atoms with Crippen molar-refractivity contribution in [2.24, 2.45) is 7.05 Å². The Hall–Kier alpha value is -2.75. The monoisotopic (exact) mass is 308 g/mol. The lowest BCUT2D eigenvalue weighted by Gasteiger charge is -2.08. The molecule has 0 atom stereocenters. The summed E-state index contributed by atoms with van der Waals surface area (Å²) in [6.45, 7) is 4.09. The van der Waals surface area contributed by atoms with E-state index < -0.39 is 0 Å². The van der Waals surface area contributed by atoms with Gasteiger partial charge in [-0.05, 0) is 55.3 Å². The second-order valence-corrected chi connectivity index (χ2v) is 5.73. The summed E-state index contributed by atoms with van der Waals surface area (Å²) < 4.78 is 7.26. The number of methoxy groups -OCH3 is 1. The van der Waals surface area contributed by atoms with Gasteiger partial charge in [-0.25, -0.2) is 0 Å². The van der Waals surface area contributed by atoms with E-state index in [4.69, 9.17) is 4.74 Å². The van der Waals surface area contributed by atoms with Gasteiger partial charge in [0, 0.05) is 18.1 Å². The van der Waals surface area contributed by atoms with Gasteiger partial charge in [0.25, 0.3) is 5.91 Å². The first-order valence-corrected chi connectivity index (χ1v) is 7.52. The summed E-state index contributed by atoms with van der Waals surface area (Å²) in [5.74, 6) is 0.636. The molecule has 0 bridgehead atoms. The first-order valence-electron chi connectivity index (χ1n) is 7.52. The number of ether oxygens (including phenoxy) is 1. The number of nitrogens with zero attached hydrogens (tertiary/aromatic N) is 1. The second kappa shape index (κ2) is 5.80. The van der Waals surface area contributed by atoms with Crippen LogP contribution < -0.4 is 10.1 Å². The second-order valence-electron chi connectivity index (χ2n) is 5.73. The highest BCUT2D eigenvalue weighted by Gasteiger charge is 2.15. The number of hydrogen-bond donors (Lipinski definition) is 1. The molecule has 0 fully saturated rings. The highest BCUT2D eigenvalue weighted by atomic mass is 16.5. The van der Waals surface area contributed by atoms with E-state index >= 15 is 0 Å². The molecule has 1 amide bonds. The van der Waals surface area contributed by atoms with Gasteiger partial charge in [0.2, 0.25) is 0 Å². The molecule has 0 saturated carbocycles. The smallest absolute Gasteiger partial charge is 0.272 e. The van der Waals surface area contributed by atoms with Crippen molar-refractivity contribution in [3.05, 3.63) is 59.3 Å². The van der Waals surface area contributed by atoms with Gasteiger partial charge in [-0.15, -0.1) is 0 Å². The number of carbonyl (C=O) groups is 1. The average Bonchev–Trinajstić information content (AvgIpc) is 2.88. The minimum absolute atomic E-state index is 0.131. The van der Waals surface area contributed by atoms with E-state index in [9.17, 15) is 4.79 Å². The normalized spacial score (nSPS) is 10.8. The number of benzene rings is 2. The first-order chi connectivity index (χ1) is 11.0. The Morgan fingerprint density at radius 2 is 1.87 bits per heavy atom. The van der Waals surface area contributed by atoms with E-state index in [-0.39, 0.29) is 5.91 Å². The van der Waals surface area contributed by atoms with Gasteiger partial charge in [-0.1, -0.05) is 12.1 Å². The van der Waals surface area contributed by atoms with E-state index in [2.05, 4.69) is 12.2 Å². The molecule has 118 valence electrons. The average molecular weight is 308 g/mol. The lowest BCUT2D eigenvalue weighted by Crippen LogP contribution is -2.15. The third-order valence-corrected chi connectivity index (χ3v) is 4.26. The van der Waals surface area contributed by atoms with Crippen molar-refractivity contribution in [2.75, 3.05) is 12.4 Å². The summed E-state index contributed by atoms with van der Waals surface area (Å²) in [6.07, 6.45) is 0. The van der Waals surface area contributed by atoms with Crippen LogP contribution in [0.4, 0.5) is 5.69 Å². The molecule has 2 aromatic carbocycles. The van der Waals surface area contributed by atoms with Gasteiger partial charge in [0.05, 0.1) is 12.6 Å². The molecule has 4 nitrogen and oxygen atoms in total. The fourth-order valence-corrected chi connectivity index (χ4v) is 2.74. The van der Waals surface area contributed by atoms with Crippen LogP contribution in [0.5, 0.6) is 5.75 Å². The Kier molecular flexibility index (Phi) is 3.82. The van der Waals surface area contributed by atoms with Crippen molar-refractivity contribution in [1.82, 2.24) is 4.57 Å². The molecule has 3 aromatic rings. The summed E-state index contributed by atoms with van der Waals surface area (Å²) in [4.78, 5) is 12.6. The minimum Gasteiger partial charge on any atom is -0.496 e. The number of aryl methyl sites for hydroxylation is 3. The van der Waals surface area contributed by atoms with Gasteiger partial charge in [-0.3, -0.25) is 4.79 Å². The van der Waals surface area contributed by atoms with Crippen molar-refractivity contribution in [1.29, 1.82) is 0 Å². The largest absolute Gasteiger partial charge is 0.496 e. The summed E-state index contributed by atoms with van der Waals surface area (Å²) in [6, 6.07) is 13.6. The van der Waals surface area contributed by atoms with Crippen molar-refractivity contribution in [2.45, 2.75) is 13.8 Å². The van der Waals surface area contributed by atoms with Gasteiger partial charge in [-0.2, -0.15) is 0 Å². The number of hydrogen-bond acceptors (Lipinski definition) is 2. The Balaban J connectivity index is 1.97. The van der Waals surface area contributed by atoms with Crippen LogP contribution in [0.3, 0.4) is 0 Å². The van der Waals surface area contributed by atoms with Gasteiger partial charge < -0.3 is 14.6 Å². The van der Waals surface area contributed by atoms with Crippen molar-refractivity contribution < 1.29 is 9.53 Å². The summed E-state index contributed by atoms with van der Waals surface area (Å²) >= 11 is 0. The molecular weight excluding hydrogens is 288 g/mol. The van der Waals surface area contributed by atoms with Crippen LogP contribution in [-0.2, 0) is 7.05 Å². The Morgan fingerprint density at radius 1 is 1.09 bits per heavy atom. The van der Waals surface area contributed by atoms with Crippen molar-refractivity contribution in [3.8, 4) is 5.75 Å². The topological polar surface area (TPSA) is 43.3 Å². The van der Waals surface area contributed by atoms with E-state index in [1.807, 2.05) is 61.0 Å². The molecule has 0 spiro atoms. The molecule has 1 N–H and O–H groups in total. The lowest BCUT2D eigenvalue weighted by molar-refractivity contribution is 0.102. The van der Waals surface area contributed by atoms with Crippen molar-refractivity contribution in [3.63, 3.8) is 0 Å². The number of anilines is 1. The summed E-state index contributed by atoms with van der Waals surface area (Å²) in [7, 11) is 3.52. The minimum atomic E-state index is -0.131. The molecule has 0 aliphatic carbocycles. The maximum atomic E-state index is 12.6. The van der Waals surface area contributed by atoms with Crippen molar-refractivity contribution >= 4 is 22.5 Å². The molecule has 3 rings (SSSR count). The standard InChI is InChI=1S/C19H20N2O2/c1-12-8-9-14(10-13(12)2)20-19(22)17-11-15-16(21(17)3)6-5-7-18(15)23-4/h5-11H,1-4H3,(H,20,22). The van der Waals surface area contributed by atoms with Crippen LogP contribution in [0.2, 0.25) is 0 Å². The predicted molar refractivity (Wildman–Crippen MR) is 93.3 cm³/mol. The number of carbonyl (C=O) groups excluding carboxylic acids is 1. The number of fused-ring (bicyclic) bond motifs is 1. The Bertz CT molecular complexity index is 894. The molecule has 1 heterocycles. The molecular formula is C19H20N2O2. The van der Waals surface area contributed by atoms with Crippen LogP contribution in [0.1, 0.15) is 21.6 Å². The zero-order valence-electron chi connectivity index (χ0n) is 13.8. The summed E-state index contributed by atoms with van der Waals surface area (Å²) in [5.41, 5.74) is 4.73.